The topological polar surface area (TPSA) is 425 Å². The van der Waals surface area contributed by atoms with Crippen molar-refractivity contribution in [3.05, 3.63) is 0 Å². The van der Waals surface area contributed by atoms with E-state index in [4.69, 9.17) is 39.9 Å². The zero-order valence-electron chi connectivity index (χ0n) is 31.3. The van der Waals surface area contributed by atoms with Crippen LogP contribution in [0.2, 0.25) is 0 Å². The lowest BCUT2D eigenvalue weighted by molar-refractivity contribution is -0.327. The molecule has 18 atom stereocenters. The highest BCUT2D eigenvalue weighted by molar-refractivity contribution is 5.80. The Morgan fingerprint density at radius 2 is 0.825 bits per heavy atom. The fraction of sp³-hybridized carbons (Fsp3) is 0.939. The van der Waals surface area contributed by atoms with E-state index >= 15 is 0 Å². The molecular weight excluding hydrogens is 776 g/mol. The van der Waals surface area contributed by atoms with Crippen molar-refractivity contribution in [3.63, 3.8) is 0 Å². The summed E-state index contributed by atoms with van der Waals surface area (Å²) < 4.78 is 32.2. The molecule has 0 radical (unpaired) electrons. The van der Waals surface area contributed by atoms with Gasteiger partial charge in [0, 0.05) is 13.2 Å². The molecule has 0 spiro atoms. The SMILES string of the molecule is NC(=O)[C@H](OCCCCCCCCCO[C@@H](C(N)=O)[C@@H](O)[C@H](O[C@@H]1O[C@H](CO)[C@H](O)[C@H](O)[C@H]1O)[C@H](O)CO)[C@@H](O)[C@H](O[C@@H]1O[C@H](CO)[C@H](O)[C@H](O)[C@H]1O)[C@H](O)CO. The van der Waals surface area contributed by atoms with Crippen molar-refractivity contribution in [2.45, 2.75) is 155 Å². The summed E-state index contributed by atoms with van der Waals surface area (Å²) in [4.78, 5) is 24.3. The first-order valence-electron chi connectivity index (χ1n) is 18.6. The number of ether oxygens (including phenoxy) is 6. The molecule has 2 aliphatic rings. The van der Waals surface area contributed by atoms with Crippen molar-refractivity contribution >= 4 is 11.8 Å². The molecule has 2 heterocycles. The summed E-state index contributed by atoms with van der Waals surface area (Å²) in [5, 5.41) is 141. The van der Waals surface area contributed by atoms with E-state index in [-0.39, 0.29) is 13.2 Å². The Labute approximate surface area is 327 Å². The minimum atomic E-state index is -2.00. The zero-order chi connectivity index (χ0) is 43.0. The smallest absolute Gasteiger partial charge is 0.249 e. The average Bonchev–Trinajstić information content (AvgIpc) is 3.19. The van der Waals surface area contributed by atoms with Gasteiger partial charge in [-0.1, -0.05) is 32.1 Å². The maximum atomic E-state index is 12.2. The molecule has 2 fully saturated rings. The van der Waals surface area contributed by atoms with Crippen molar-refractivity contribution < 1.29 is 110 Å². The van der Waals surface area contributed by atoms with Crippen LogP contribution in [0.15, 0.2) is 0 Å². The van der Waals surface area contributed by atoms with Crippen LogP contribution in [-0.4, -0.2) is 233 Å². The van der Waals surface area contributed by atoms with Crippen molar-refractivity contribution in [1.82, 2.24) is 0 Å². The number of hydrogen-bond donors (Lipinski definition) is 16. The molecule has 18 N–H and O–H groups in total. The lowest BCUT2D eigenvalue weighted by atomic mass is 9.98. The van der Waals surface area contributed by atoms with Crippen LogP contribution < -0.4 is 11.5 Å². The third-order valence-electron chi connectivity index (χ3n) is 9.65. The van der Waals surface area contributed by atoms with Crippen LogP contribution in [0.3, 0.4) is 0 Å². The van der Waals surface area contributed by atoms with E-state index < -0.39 is 148 Å². The van der Waals surface area contributed by atoms with Gasteiger partial charge < -0.3 is 111 Å². The lowest BCUT2D eigenvalue weighted by Crippen LogP contribution is -2.62. The largest absolute Gasteiger partial charge is 0.394 e. The molecule has 2 amide bonds. The van der Waals surface area contributed by atoms with Gasteiger partial charge in [0.05, 0.1) is 26.4 Å². The molecule has 2 saturated heterocycles. The Morgan fingerprint density at radius 1 is 0.509 bits per heavy atom. The van der Waals surface area contributed by atoms with E-state index in [1.165, 1.54) is 0 Å². The third-order valence-corrected chi connectivity index (χ3v) is 9.65. The summed E-state index contributed by atoms with van der Waals surface area (Å²) in [6, 6.07) is 0. The molecule has 0 aliphatic carbocycles. The average molecular weight is 839 g/mol. The van der Waals surface area contributed by atoms with Gasteiger partial charge in [0.2, 0.25) is 11.8 Å². The molecule has 0 unspecified atom stereocenters. The minimum absolute atomic E-state index is 0.0800. The Balaban J connectivity index is 1.79. The van der Waals surface area contributed by atoms with Gasteiger partial charge in [-0.25, -0.2) is 0 Å². The predicted octanol–water partition coefficient (Wildman–Crippen LogP) is -8.74. The summed E-state index contributed by atoms with van der Waals surface area (Å²) in [5.74, 6) is -2.30. The number of rotatable bonds is 28. The second-order valence-electron chi connectivity index (χ2n) is 13.9. The van der Waals surface area contributed by atoms with E-state index in [1.54, 1.807) is 0 Å². The zero-order valence-corrected chi connectivity index (χ0v) is 31.3. The molecule has 0 saturated carbocycles. The molecule has 336 valence electrons. The number of carbonyl (C=O) groups excluding carboxylic acids is 2. The third kappa shape index (κ3) is 14.7. The first-order valence-corrected chi connectivity index (χ1v) is 18.6. The van der Waals surface area contributed by atoms with Crippen molar-refractivity contribution in [1.29, 1.82) is 0 Å². The second-order valence-corrected chi connectivity index (χ2v) is 13.9. The normalized spacial score (nSPS) is 32.5. The highest BCUT2D eigenvalue weighted by Gasteiger charge is 2.49. The Bertz CT molecular complexity index is 1060. The second kappa shape index (κ2) is 25.7. The number of aliphatic hydroxyl groups is 14. The van der Waals surface area contributed by atoms with Gasteiger partial charge in [-0.15, -0.1) is 0 Å². The molecule has 0 aromatic rings. The quantitative estimate of drug-likeness (QED) is 0.0325. The number of carbonyl (C=O) groups is 2. The number of nitrogens with two attached hydrogens (primary N) is 2. The maximum absolute atomic E-state index is 12.2. The first kappa shape index (κ1) is 51.3. The summed E-state index contributed by atoms with van der Waals surface area (Å²) in [7, 11) is 0. The van der Waals surface area contributed by atoms with Gasteiger partial charge in [0.15, 0.2) is 24.8 Å². The summed E-state index contributed by atoms with van der Waals surface area (Å²) in [5.41, 5.74) is 10.8. The van der Waals surface area contributed by atoms with Gasteiger partial charge in [-0.05, 0) is 12.8 Å². The molecule has 0 bridgehead atoms. The van der Waals surface area contributed by atoms with Gasteiger partial charge >= 0.3 is 0 Å². The monoisotopic (exact) mass is 838 g/mol. The predicted molar refractivity (Wildman–Crippen MR) is 186 cm³/mol. The van der Waals surface area contributed by atoms with Gasteiger partial charge in [0.25, 0.3) is 0 Å². The van der Waals surface area contributed by atoms with Crippen LogP contribution in [0.4, 0.5) is 0 Å². The molecule has 24 heteroatoms. The van der Waals surface area contributed by atoms with Crippen molar-refractivity contribution in [3.8, 4) is 0 Å². The fourth-order valence-corrected chi connectivity index (χ4v) is 6.23. The first-order chi connectivity index (χ1) is 27.0. The van der Waals surface area contributed by atoms with Gasteiger partial charge in [-0.3, -0.25) is 9.59 Å². The molecule has 0 aromatic heterocycles. The Hall–Kier alpha value is -1.86. The Morgan fingerprint density at radius 3 is 1.11 bits per heavy atom. The van der Waals surface area contributed by atoms with Crippen LogP contribution in [0.25, 0.3) is 0 Å². The fourth-order valence-electron chi connectivity index (χ4n) is 6.23. The molecule has 24 nitrogen and oxygen atoms in total. The van der Waals surface area contributed by atoms with E-state index in [2.05, 4.69) is 0 Å². The number of amides is 2. The molecule has 57 heavy (non-hydrogen) atoms. The standard InChI is InChI=1S/C33H62N2O22/c34-30(50)28(24(48)26(14(40)10-36)56-32-22(46)20(44)18(42)16(12-38)54-32)52-8-6-4-2-1-3-5-7-9-53-29(31(35)51)25(49)27(15(41)11-37)57-33-23(47)21(45)19(43)17(13-39)55-33/h14-29,32-33,36-49H,1-13H2,(H2,34,50)(H2,35,51)/t14-,15-,16-,17-,18+,19+,20+,21+,22-,23-,24+,25+,26-,27-,28-,29-,32+,33+/m1/s1. The van der Waals surface area contributed by atoms with Gasteiger partial charge in [0.1, 0.15) is 85.5 Å². The minimum Gasteiger partial charge on any atom is -0.394 e. The lowest BCUT2D eigenvalue weighted by Gasteiger charge is -2.42. The van der Waals surface area contributed by atoms with E-state index in [0.717, 1.165) is 6.42 Å². The maximum Gasteiger partial charge on any atom is 0.249 e. The van der Waals surface area contributed by atoms with Crippen LogP contribution >= 0.6 is 0 Å². The van der Waals surface area contributed by atoms with Crippen LogP contribution in [0.1, 0.15) is 44.9 Å². The number of aliphatic hydroxyl groups excluding tert-OH is 14. The molecular formula is C33H62N2O22. The van der Waals surface area contributed by atoms with Crippen molar-refractivity contribution in [2.24, 2.45) is 11.5 Å². The number of unbranched alkanes of at least 4 members (excludes halogenated alkanes) is 6. The molecule has 0 aromatic carbocycles. The Kier molecular flexibility index (Phi) is 23.1. The summed E-state index contributed by atoms with van der Waals surface area (Å²) in [6.07, 6.45) is -28.2. The van der Waals surface area contributed by atoms with Crippen molar-refractivity contribution in [2.75, 3.05) is 39.6 Å². The van der Waals surface area contributed by atoms with Gasteiger partial charge in [-0.2, -0.15) is 0 Å². The van der Waals surface area contributed by atoms with Crippen LogP contribution in [0, 0.1) is 0 Å². The number of primary amides is 2. The van der Waals surface area contributed by atoms with E-state index in [9.17, 15) is 81.1 Å². The highest BCUT2D eigenvalue weighted by Crippen LogP contribution is 2.27. The molecule has 2 rings (SSSR count). The summed E-state index contributed by atoms with van der Waals surface area (Å²) >= 11 is 0. The van der Waals surface area contributed by atoms with E-state index in [1.807, 2.05) is 0 Å². The summed E-state index contributed by atoms with van der Waals surface area (Å²) in [6.45, 7) is -3.71. The van der Waals surface area contributed by atoms with Crippen LogP contribution in [0.5, 0.6) is 0 Å². The number of hydrogen-bond acceptors (Lipinski definition) is 22. The highest BCUT2D eigenvalue weighted by atomic mass is 16.7. The van der Waals surface area contributed by atoms with Crippen LogP contribution in [-0.2, 0) is 38.0 Å². The van der Waals surface area contributed by atoms with E-state index in [0.29, 0.717) is 38.5 Å². The molecule has 2 aliphatic heterocycles.